The zero-order valence-corrected chi connectivity index (χ0v) is 13.3. The van der Waals surface area contributed by atoms with E-state index in [1.807, 2.05) is 36.7 Å². The van der Waals surface area contributed by atoms with E-state index in [1.54, 1.807) is 24.7 Å². The van der Waals surface area contributed by atoms with Crippen molar-refractivity contribution in [1.82, 2.24) is 14.9 Å². The largest absolute Gasteiger partial charge is 0.480 e. The fourth-order valence-corrected chi connectivity index (χ4v) is 2.29. The standard InChI is InChI=1S/C17H21N3O3/c1-12(2)9-15(17(22)23)19-16(21)14-5-3-13(4-6-14)10-20-8-7-18-11-20/h3-8,11-12,15H,9-10H2,1-2H3,(H,19,21)(H,22,23)/t15-/m0/s1. The summed E-state index contributed by atoms with van der Waals surface area (Å²) >= 11 is 0. The number of carboxylic acids is 1. The molecule has 1 aromatic carbocycles. The Morgan fingerprint density at radius 1 is 1.26 bits per heavy atom. The molecule has 0 bridgehead atoms. The Hall–Kier alpha value is -2.63. The van der Waals surface area contributed by atoms with Crippen LogP contribution in [0, 0.1) is 5.92 Å². The van der Waals surface area contributed by atoms with Gasteiger partial charge in [0.2, 0.25) is 0 Å². The third-order valence-corrected chi connectivity index (χ3v) is 3.45. The summed E-state index contributed by atoms with van der Waals surface area (Å²) in [6, 6.07) is 6.25. The van der Waals surface area contributed by atoms with E-state index in [0.29, 0.717) is 18.5 Å². The minimum atomic E-state index is -1.01. The number of hydrogen-bond donors (Lipinski definition) is 2. The van der Waals surface area contributed by atoms with Crippen LogP contribution in [0.5, 0.6) is 0 Å². The Labute approximate surface area is 135 Å². The van der Waals surface area contributed by atoms with E-state index in [9.17, 15) is 14.7 Å². The van der Waals surface area contributed by atoms with Gasteiger partial charge in [0.25, 0.3) is 5.91 Å². The molecular weight excluding hydrogens is 294 g/mol. The Balaban J connectivity index is 2.00. The van der Waals surface area contributed by atoms with Crippen LogP contribution in [0.25, 0.3) is 0 Å². The predicted octanol–water partition coefficient (Wildman–Crippen LogP) is 2.16. The summed E-state index contributed by atoms with van der Waals surface area (Å²) < 4.78 is 1.93. The maximum atomic E-state index is 12.2. The van der Waals surface area contributed by atoms with E-state index in [2.05, 4.69) is 10.3 Å². The molecule has 6 nitrogen and oxygen atoms in total. The molecule has 0 saturated heterocycles. The van der Waals surface area contributed by atoms with Crippen molar-refractivity contribution >= 4 is 11.9 Å². The summed E-state index contributed by atoms with van der Waals surface area (Å²) in [5, 5.41) is 11.8. The number of hydrogen-bond acceptors (Lipinski definition) is 3. The second kappa shape index (κ2) is 7.58. The fourth-order valence-electron chi connectivity index (χ4n) is 2.29. The highest BCUT2D eigenvalue weighted by atomic mass is 16.4. The van der Waals surface area contributed by atoms with Gasteiger partial charge in [0.15, 0.2) is 0 Å². The summed E-state index contributed by atoms with van der Waals surface area (Å²) in [4.78, 5) is 27.4. The van der Waals surface area contributed by atoms with E-state index in [4.69, 9.17) is 0 Å². The minimum absolute atomic E-state index is 0.189. The molecule has 0 unspecified atom stereocenters. The molecule has 1 amide bonds. The first kappa shape index (κ1) is 16.7. The summed E-state index contributed by atoms with van der Waals surface area (Å²) in [5.41, 5.74) is 1.49. The van der Waals surface area contributed by atoms with Gasteiger partial charge in [-0.15, -0.1) is 0 Å². The molecular formula is C17H21N3O3. The van der Waals surface area contributed by atoms with Crippen LogP contribution in [0.2, 0.25) is 0 Å². The van der Waals surface area contributed by atoms with Crippen molar-refractivity contribution in [3.63, 3.8) is 0 Å². The summed E-state index contributed by atoms with van der Waals surface area (Å²) in [6.45, 7) is 4.52. The summed E-state index contributed by atoms with van der Waals surface area (Å²) in [6.07, 6.45) is 5.70. The lowest BCUT2D eigenvalue weighted by Crippen LogP contribution is -2.41. The quantitative estimate of drug-likeness (QED) is 0.820. The number of aromatic nitrogens is 2. The molecule has 0 aliphatic heterocycles. The highest BCUT2D eigenvalue weighted by Gasteiger charge is 2.21. The molecule has 23 heavy (non-hydrogen) atoms. The first-order valence-electron chi connectivity index (χ1n) is 7.54. The molecule has 0 aliphatic carbocycles. The van der Waals surface area contributed by atoms with Gasteiger partial charge in [-0.2, -0.15) is 0 Å². The highest BCUT2D eigenvalue weighted by Crippen LogP contribution is 2.09. The zero-order chi connectivity index (χ0) is 16.8. The van der Waals surface area contributed by atoms with Crippen molar-refractivity contribution in [2.24, 2.45) is 5.92 Å². The van der Waals surface area contributed by atoms with Crippen LogP contribution in [-0.4, -0.2) is 32.6 Å². The van der Waals surface area contributed by atoms with Crippen LogP contribution in [0.4, 0.5) is 0 Å². The molecule has 122 valence electrons. The Bertz CT molecular complexity index is 648. The third kappa shape index (κ3) is 4.95. The monoisotopic (exact) mass is 315 g/mol. The van der Waals surface area contributed by atoms with Gasteiger partial charge in [0.05, 0.1) is 6.33 Å². The lowest BCUT2D eigenvalue weighted by molar-refractivity contribution is -0.139. The van der Waals surface area contributed by atoms with Gasteiger partial charge in [0, 0.05) is 24.5 Å². The lowest BCUT2D eigenvalue weighted by Gasteiger charge is -2.16. The maximum absolute atomic E-state index is 12.2. The predicted molar refractivity (Wildman–Crippen MR) is 86.1 cm³/mol. The smallest absolute Gasteiger partial charge is 0.326 e. The Morgan fingerprint density at radius 2 is 1.96 bits per heavy atom. The number of nitrogens with zero attached hydrogens (tertiary/aromatic N) is 2. The number of benzene rings is 1. The molecule has 0 radical (unpaired) electrons. The maximum Gasteiger partial charge on any atom is 0.326 e. The Morgan fingerprint density at radius 3 is 2.48 bits per heavy atom. The van der Waals surface area contributed by atoms with Crippen molar-refractivity contribution in [2.45, 2.75) is 32.9 Å². The van der Waals surface area contributed by atoms with Crippen LogP contribution >= 0.6 is 0 Å². The SMILES string of the molecule is CC(C)C[C@H](NC(=O)c1ccc(Cn2ccnc2)cc1)C(=O)O. The summed E-state index contributed by atoms with van der Waals surface area (Å²) in [5.74, 6) is -1.19. The van der Waals surface area contributed by atoms with Crippen LogP contribution in [0.15, 0.2) is 43.0 Å². The number of carboxylic acid groups (broad SMARTS) is 1. The van der Waals surface area contributed by atoms with Crippen molar-refractivity contribution in [2.75, 3.05) is 0 Å². The number of carbonyl (C=O) groups excluding carboxylic acids is 1. The highest BCUT2D eigenvalue weighted by molar-refractivity contribution is 5.96. The number of imidazole rings is 1. The number of nitrogens with one attached hydrogen (secondary N) is 1. The molecule has 2 N–H and O–H groups in total. The zero-order valence-electron chi connectivity index (χ0n) is 13.3. The molecule has 1 aromatic heterocycles. The van der Waals surface area contributed by atoms with Crippen molar-refractivity contribution in [3.05, 3.63) is 54.1 Å². The van der Waals surface area contributed by atoms with Gasteiger partial charge in [-0.1, -0.05) is 26.0 Å². The summed E-state index contributed by atoms with van der Waals surface area (Å²) in [7, 11) is 0. The van der Waals surface area contributed by atoms with Gasteiger partial charge in [0.1, 0.15) is 6.04 Å². The molecule has 1 atom stereocenters. The second-order valence-electron chi connectivity index (χ2n) is 5.93. The first-order valence-corrected chi connectivity index (χ1v) is 7.54. The number of amides is 1. The topological polar surface area (TPSA) is 84.2 Å². The van der Waals surface area contributed by atoms with Crippen LogP contribution in [0.3, 0.4) is 0 Å². The lowest BCUT2D eigenvalue weighted by atomic mass is 10.0. The minimum Gasteiger partial charge on any atom is -0.480 e. The van der Waals surface area contributed by atoms with E-state index >= 15 is 0 Å². The molecule has 1 heterocycles. The van der Waals surface area contributed by atoms with Gasteiger partial charge >= 0.3 is 5.97 Å². The molecule has 2 aromatic rings. The number of rotatable bonds is 7. The first-order chi connectivity index (χ1) is 11.0. The van der Waals surface area contributed by atoms with Crippen molar-refractivity contribution < 1.29 is 14.7 Å². The normalized spacial score (nSPS) is 12.1. The van der Waals surface area contributed by atoms with E-state index in [-0.39, 0.29) is 11.8 Å². The van der Waals surface area contributed by atoms with Gasteiger partial charge in [-0.25, -0.2) is 9.78 Å². The second-order valence-corrected chi connectivity index (χ2v) is 5.93. The van der Waals surface area contributed by atoms with Gasteiger partial charge in [-0.05, 0) is 30.0 Å². The van der Waals surface area contributed by atoms with E-state index in [0.717, 1.165) is 5.56 Å². The fraction of sp³-hybridized carbons (Fsp3) is 0.353. The van der Waals surface area contributed by atoms with Gasteiger partial charge in [-0.3, -0.25) is 4.79 Å². The average molecular weight is 315 g/mol. The molecule has 0 fully saturated rings. The van der Waals surface area contributed by atoms with E-state index < -0.39 is 12.0 Å². The van der Waals surface area contributed by atoms with Crippen molar-refractivity contribution in [1.29, 1.82) is 0 Å². The van der Waals surface area contributed by atoms with Crippen LogP contribution in [0.1, 0.15) is 36.2 Å². The third-order valence-electron chi connectivity index (χ3n) is 3.45. The van der Waals surface area contributed by atoms with E-state index in [1.165, 1.54) is 0 Å². The molecule has 6 heteroatoms. The van der Waals surface area contributed by atoms with Crippen molar-refractivity contribution in [3.8, 4) is 0 Å². The number of carbonyl (C=O) groups is 2. The average Bonchev–Trinajstić information content (AvgIpc) is 2.99. The molecule has 0 saturated carbocycles. The number of aliphatic carboxylic acids is 1. The molecule has 2 rings (SSSR count). The Kier molecular flexibility index (Phi) is 5.51. The van der Waals surface area contributed by atoms with Gasteiger partial charge < -0.3 is 15.0 Å². The molecule has 0 spiro atoms. The molecule has 0 aliphatic rings. The van der Waals surface area contributed by atoms with Crippen LogP contribution < -0.4 is 5.32 Å². The van der Waals surface area contributed by atoms with Crippen LogP contribution in [-0.2, 0) is 11.3 Å².